The molecular formula is C21H28N4O4. The van der Waals surface area contributed by atoms with E-state index in [1.54, 1.807) is 37.0 Å². The van der Waals surface area contributed by atoms with Gasteiger partial charge in [0.25, 0.3) is 11.8 Å². The molecule has 0 N–H and O–H groups in total. The van der Waals surface area contributed by atoms with Crippen molar-refractivity contribution >= 4 is 11.8 Å². The molecule has 1 aromatic carbocycles. The highest BCUT2D eigenvalue weighted by molar-refractivity contribution is 5.94. The lowest BCUT2D eigenvalue weighted by molar-refractivity contribution is -0.142. The van der Waals surface area contributed by atoms with Crippen LogP contribution in [0.15, 0.2) is 30.3 Å². The first kappa shape index (κ1) is 20.7. The standard InChI is InChI=1S/C21H28N4O4/c1-21(2,3)18-13-15(23(4)22-18)20(27)25-12-8-11-24(25)19(26)14-29-17-10-7-6-9-16(17)28-5/h6-7,9-10,13H,8,11-12,14H2,1-5H3. The maximum absolute atomic E-state index is 13.1. The Morgan fingerprint density at radius 3 is 2.38 bits per heavy atom. The minimum absolute atomic E-state index is 0.167. The average Bonchev–Trinajstić information content (AvgIpc) is 3.32. The number of aryl methyl sites for hydroxylation is 1. The zero-order valence-electron chi connectivity index (χ0n) is 17.6. The SMILES string of the molecule is COc1ccccc1OCC(=O)N1CCCN1C(=O)c1cc(C(C)(C)C)nn1C. The van der Waals surface area contributed by atoms with Gasteiger partial charge in [-0.1, -0.05) is 32.9 Å². The van der Waals surface area contributed by atoms with Crippen LogP contribution in [0.5, 0.6) is 11.5 Å². The van der Waals surface area contributed by atoms with Gasteiger partial charge in [-0.25, -0.2) is 10.0 Å². The fraction of sp³-hybridized carbons (Fsp3) is 0.476. The van der Waals surface area contributed by atoms with Crippen molar-refractivity contribution < 1.29 is 19.1 Å². The van der Waals surface area contributed by atoms with Gasteiger partial charge < -0.3 is 9.47 Å². The highest BCUT2D eigenvalue weighted by Gasteiger charge is 2.34. The number of rotatable bonds is 5. The van der Waals surface area contributed by atoms with Crippen molar-refractivity contribution in [2.24, 2.45) is 7.05 Å². The summed E-state index contributed by atoms with van der Waals surface area (Å²) >= 11 is 0. The number of hydrogen-bond donors (Lipinski definition) is 0. The molecule has 1 aliphatic heterocycles. The van der Waals surface area contributed by atoms with E-state index in [2.05, 4.69) is 5.10 Å². The molecule has 0 bridgehead atoms. The number of methoxy groups -OCH3 is 1. The highest BCUT2D eigenvalue weighted by Crippen LogP contribution is 2.26. The Morgan fingerprint density at radius 2 is 1.76 bits per heavy atom. The normalized spacial score (nSPS) is 14.2. The molecule has 0 atom stereocenters. The predicted molar refractivity (Wildman–Crippen MR) is 108 cm³/mol. The van der Waals surface area contributed by atoms with Gasteiger partial charge in [0.15, 0.2) is 18.1 Å². The Labute approximate surface area is 171 Å². The van der Waals surface area contributed by atoms with Gasteiger partial charge in [0, 0.05) is 25.6 Å². The number of hydrogen-bond acceptors (Lipinski definition) is 5. The van der Waals surface area contributed by atoms with Crippen LogP contribution >= 0.6 is 0 Å². The molecule has 1 saturated heterocycles. The second-order valence-electron chi connectivity index (χ2n) is 8.03. The number of carbonyl (C=O) groups excluding carboxylic acids is 2. The monoisotopic (exact) mass is 400 g/mol. The first-order valence-electron chi connectivity index (χ1n) is 9.65. The van der Waals surface area contributed by atoms with Crippen molar-refractivity contribution in [1.29, 1.82) is 0 Å². The summed E-state index contributed by atoms with van der Waals surface area (Å²) < 4.78 is 12.5. The van der Waals surface area contributed by atoms with Crippen LogP contribution in [0, 0.1) is 0 Å². The van der Waals surface area contributed by atoms with Gasteiger partial charge in [0.05, 0.1) is 12.8 Å². The van der Waals surface area contributed by atoms with E-state index < -0.39 is 0 Å². The van der Waals surface area contributed by atoms with E-state index in [9.17, 15) is 9.59 Å². The van der Waals surface area contributed by atoms with Crippen LogP contribution in [0.4, 0.5) is 0 Å². The van der Waals surface area contributed by atoms with Crippen molar-refractivity contribution in [1.82, 2.24) is 19.8 Å². The molecule has 0 saturated carbocycles. The summed E-state index contributed by atoms with van der Waals surface area (Å²) in [4.78, 5) is 25.9. The molecule has 2 aromatic rings. The van der Waals surface area contributed by atoms with E-state index in [4.69, 9.17) is 9.47 Å². The third-order valence-electron chi connectivity index (χ3n) is 4.84. The second kappa shape index (κ2) is 8.14. The number of nitrogens with zero attached hydrogens (tertiary/aromatic N) is 4. The van der Waals surface area contributed by atoms with Crippen molar-refractivity contribution in [2.75, 3.05) is 26.8 Å². The van der Waals surface area contributed by atoms with Gasteiger partial charge in [-0.2, -0.15) is 5.10 Å². The summed E-state index contributed by atoms with van der Waals surface area (Å²) in [6, 6.07) is 8.94. The molecule has 2 heterocycles. The third kappa shape index (κ3) is 4.36. The molecule has 0 aliphatic carbocycles. The average molecular weight is 400 g/mol. The zero-order chi connectivity index (χ0) is 21.2. The molecule has 29 heavy (non-hydrogen) atoms. The van der Waals surface area contributed by atoms with E-state index in [0.29, 0.717) is 30.3 Å². The Balaban J connectivity index is 1.71. The number of para-hydroxylation sites is 2. The van der Waals surface area contributed by atoms with Crippen LogP contribution in [0.3, 0.4) is 0 Å². The lowest BCUT2D eigenvalue weighted by Gasteiger charge is -2.27. The molecular weight excluding hydrogens is 372 g/mol. The molecule has 3 rings (SSSR count). The molecule has 1 fully saturated rings. The number of aromatic nitrogens is 2. The Bertz CT molecular complexity index is 900. The van der Waals surface area contributed by atoms with Crippen molar-refractivity contribution in [2.45, 2.75) is 32.6 Å². The molecule has 1 aliphatic rings. The van der Waals surface area contributed by atoms with Crippen molar-refractivity contribution in [3.05, 3.63) is 41.7 Å². The predicted octanol–water partition coefficient (Wildman–Crippen LogP) is 2.39. The summed E-state index contributed by atoms with van der Waals surface area (Å²) in [5.74, 6) is 0.528. The molecule has 2 amide bonds. The molecule has 0 radical (unpaired) electrons. The summed E-state index contributed by atoms with van der Waals surface area (Å²) in [6.45, 7) is 6.92. The Kier molecular flexibility index (Phi) is 5.81. The minimum Gasteiger partial charge on any atom is -0.493 e. The zero-order valence-corrected chi connectivity index (χ0v) is 17.6. The first-order valence-corrected chi connectivity index (χ1v) is 9.65. The van der Waals surface area contributed by atoms with Gasteiger partial charge in [-0.3, -0.25) is 14.3 Å². The summed E-state index contributed by atoms with van der Waals surface area (Å²) in [5, 5.41) is 7.41. The van der Waals surface area contributed by atoms with Crippen LogP contribution in [0.2, 0.25) is 0 Å². The van der Waals surface area contributed by atoms with Gasteiger partial charge in [-0.05, 0) is 24.6 Å². The number of amides is 2. The second-order valence-corrected chi connectivity index (χ2v) is 8.03. The number of carbonyl (C=O) groups is 2. The lowest BCUT2D eigenvalue weighted by Crippen LogP contribution is -2.47. The number of ether oxygens (including phenoxy) is 2. The quantitative estimate of drug-likeness (QED) is 0.770. The third-order valence-corrected chi connectivity index (χ3v) is 4.84. The highest BCUT2D eigenvalue weighted by atomic mass is 16.5. The van der Waals surface area contributed by atoms with Crippen molar-refractivity contribution in [3.8, 4) is 11.5 Å². The smallest absolute Gasteiger partial charge is 0.290 e. The summed E-state index contributed by atoms with van der Waals surface area (Å²) in [6.07, 6.45) is 0.718. The summed E-state index contributed by atoms with van der Waals surface area (Å²) in [7, 11) is 3.29. The van der Waals surface area contributed by atoms with Crippen LogP contribution in [0.25, 0.3) is 0 Å². The molecule has 8 nitrogen and oxygen atoms in total. The van der Waals surface area contributed by atoms with Gasteiger partial charge >= 0.3 is 0 Å². The molecule has 8 heteroatoms. The fourth-order valence-corrected chi connectivity index (χ4v) is 3.20. The summed E-state index contributed by atoms with van der Waals surface area (Å²) in [5.41, 5.74) is 1.12. The van der Waals surface area contributed by atoms with E-state index >= 15 is 0 Å². The van der Waals surface area contributed by atoms with E-state index in [0.717, 1.165) is 12.1 Å². The molecule has 1 aromatic heterocycles. The number of hydrazine groups is 1. The maximum Gasteiger partial charge on any atom is 0.290 e. The Morgan fingerprint density at radius 1 is 1.10 bits per heavy atom. The molecule has 0 unspecified atom stereocenters. The first-order chi connectivity index (χ1) is 13.7. The van der Waals surface area contributed by atoms with Gasteiger partial charge in [0.2, 0.25) is 0 Å². The van der Waals surface area contributed by atoms with Crippen LogP contribution in [-0.2, 0) is 17.3 Å². The van der Waals surface area contributed by atoms with Gasteiger partial charge in [0.1, 0.15) is 5.69 Å². The molecule has 156 valence electrons. The Hall–Kier alpha value is -3.03. The molecule has 0 spiro atoms. The fourth-order valence-electron chi connectivity index (χ4n) is 3.20. The van der Waals surface area contributed by atoms with E-state index in [1.165, 1.54) is 10.0 Å². The number of benzene rings is 1. The van der Waals surface area contributed by atoms with Crippen molar-refractivity contribution in [3.63, 3.8) is 0 Å². The van der Waals surface area contributed by atoms with E-state index in [1.807, 2.05) is 32.9 Å². The van der Waals surface area contributed by atoms with Crippen LogP contribution in [-0.4, -0.2) is 58.4 Å². The van der Waals surface area contributed by atoms with Crippen LogP contribution in [0.1, 0.15) is 43.4 Å². The topological polar surface area (TPSA) is 76.9 Å². The largest absolute Gasteiger partial charge is 0.493 e. The lowest BCUT2D eigenvalue weighted by atomic mass is 9.92. The minimum atomic E-state index is -0.278. The van der Waals surface area contributed by atoms with Gasteiger partial charge in [-0.15, -0.1) is 0 Å². The maximum atomic E-state index is 13.1. The van der Waals surface area contributed by atoms with E-state index in [-0.39, 0.29) is 23.8 Å². The van der Waals surface area contributed by atoms with Crippen LogP contribution < -0.4 is 9.47 Å².